The second-order valence-corrected chi connectivity index (χ2v) is 8.77. The summed E-state index contributed by atoms with van der Waals surface area (Å²) in [5, 5.41) is 3.11. The summed E-state index contributed by atoms with van der Waals surface area (Å²) < 4.78 is 10.5. The van der Waals surface area contributed by atoms with Gasteiger partial charge in [0.2, 0.25) is 5.91 Å². The van der Waals surface area contributed by atoms with Crippen molar-refractivity contribution in [3.05, 3.63) is 54.1 Å². The van der Waals surface area contributed by atoms with Crippen LogP contribution in [-0.2, 0) is 4.79 Å². The first kappa shape index (κ1) is 23.1. The average Bonchev–Trinajstić information content (AvgIpc) is 3.38. The van der Waals surface area contributed by atoms with E-state index in [1.807, 2.05) is 41.3 Å². The molecule has 4 rings (SSSR count). The van der Waals surface area contributed by atoms with E-state index in [1.54, 1.807) is 26.4 Å². The van der Waals surface area contributed by atoms with E-state index in [0.29, 0.717) is 37.7 Å². The van der Waals surface area contributed by atoms with Crippen LogP contribution < -0.4 is 14.8 Å². The number of carbonyl (C=O) groups excluding carboxylic acids is 2. The van der Waals surface area contributed by atoms with E-state index in [4.69, 9.17) is 9.47 Å². The van der Waals surface area contributed by atoms with E-state index in [0.717, 1.165) is 30.0 Å². The van der Waals surface area contributed by atoms with Crippen molar-refractivity contribution in [1.29, 1.82) is 0 Å². The fourth-order valence-corrected chi connectivity index (χ4v) is 4.99. The van der Waals surface area contributed by atoms with Gasteiger partial charge in [0.1, 0.15) is 11.5 Å². The Bertz CT molecular complexity index is 948. The van der Waals surface area contributed by atoms with Gasteiger partial charge in [-0.2, -0.15) is 0 Å². The minimum absolute atomic E-state index is 0.0237. The first-order valence-electron chi connectivity index (χ1n) is 11.7. The van der Waals surface area contributed by atoms with Crippen LogP contribution in [0.25, 0.3) is 0 Å². The van der Waals surface area contributed by atoms with E-state index in [9.17, 15) is 9.59 Å². The highest BCUT2D eigenvalue weighted by atomic mass is 16.5. The average molecular weight is 452 g/mol. The second-order valence-electron chi connectivity index (χ2n) is 8.77. The third kappa shape index (κ3) is 5.47. The van der Waals surface area contributed by atoms with Gasteiger partial charge in [0.15, 0.2) is 0 Å². The molecular weight excluding hydrogens is 418 g/mol. The number of carbonyl (C=O) groups is 2. The molecule has 1 aliphatic heterocycles. The molecule has 0 radical (unpaired) electrons. The Balaban J connectivity index is 1.42. The van der Waals surface area contributed by atoms with Crippen molar-refractivity contribution in [2.75, 3.05) is 45.7 Å². The maximum atomic E-state index is 13.4. The molecule has 1 unspecified atom stereocenters. The lowest BCUT2D eigenvalue weighted by Crippen LogP contribution is -2.56. The smallest absolute Gasteiger partial charge is 0.253 e. The molecule has 1 saturated carbocycles. The molecule has 1 atom stereocenters. The lowest BCUT2D eigenvalue weighted by molar-refractivity contribution is -0.123. The van der Waals surface area contributed by atoms with Crippen molar-refractivity contribution in [2.24, 2.45) is 5.92 Å². The molecule has 1 saturated heterocycles. The maximum Gasteiger partial charge on any atom is 0.253 e. The highest BCUT2D eigenvalue weighted by molar-refractivity contribution is 5.96. The molecule has 2 aliphatic rings. The number of rotatable bonds is 7. The van der Waals surface area contributed by atoms with Crippen molar-refractivity contribution in [3.63, 3.8) is 0 Å². The van der Waals surface area contributed by atoms with Gasteiger partial charge in [0.05, 0.1) is 20.3 Å². The van der Waals surface area contributed by atoms with Crippen LogP contribution in [0.2, 0.25) is 0 Å². The van der Waals surface area contributed by atoms with Gasteiger partial charge in [-0.1, -0.05) is 18.9 Å². The molecule has 2 amide bonds. The Morgan fingerprint density at radius 2 is 1.58 bits per heavy atom. The molecule has 1 aliphatic carbocycles. The first-order valence-corrected chi connectivity index (χ1v) is 11.7. The Morgan fingerprint density at radius 3 is 2.21 bits per heavy atom. The minimum Gasteiger partial charge on any atom is -0.497 e. The molecule has 1 N–H and O–H groups in total. The SMILES string of the molecule is COc1ccc(C(=O)N2CCN(C(C(=O)Nc3cccc(OC)c3)C3CCCC3)CC2)cc1. The van der Waals surface area contributed by atoms with Crippen LogP contribution >= 0.6 is 0 Å². The molecule has 33 heavy (non-hydrogen) atoms. The third-order valence-corrected chi connectivity index (χ3v) is 6.78. The van der Waals surface area contributed by atoms with Crippen molar-refractivity contribution in [3.8, 4) is 11.5 Å². The van der Waals surface area contributed by atoms with Gasteiger partial charge in [0.25, 0.3) is 5.91 Å². The summed E-state index contributed by atoms with van der Waals surface area (Å²) in [5.41, 5.74) is 1.41. The van der Waals surface area contributed by atoms with Crippen LogP contribution in [0.3, 0.4) is 0 Å². The topological polar surface area (TPSA) is 71.1 Å². The van der Waals surface area contributed by atoms with Crippen LogP contribution in [0.15, 0.2) is 48.5 Å². The van der Waals surface area contributed by atoms with Gasteiger partial charge >= 0.3 is 0 Å². The van der Waals surface area contributed by atoms with Crippen molar-refractivity contribution in [2.45, 2.75) is 31.7 Å². The second kappa shape index (κ2) is 10.7. The molecule has 2 fully saturated rings. The summed E-state index contributed by atoms with van der Waals surface area (Å²) in [4.78, 5) is 30.5. The molecule has 1 heterocycles. The van der Waals surface area contributed by atoms with Crippen LogP contribution in [0.5, 0.6) is 11.5 Å². The number of anilines is 1. The molecule has 0 spiro atoms. The van der Waals surface area contributed by atoms with Gasteiger partial charge in [0, 0.05) is 43.5 Å². The largest absolute Gasteiger partial charge is 0.497 e. The van der Waals surface area contributed by atoms with Crippen molar-refractivity contribution in [1.82, 2.24) is 9.80 Å². The normalized spacial score (nSPS) is 18.1. The fourth-order valence-electron chi connectivity index (χ4n) is 4.99. The zero-order valence-electron chi connectivity index (χ0n) is 19.5. The Hall–Kier alpha value is -3.06. The van der Waals surface area contributed by atoms with E-state index >= 15 is 0 Å². The standard InChI is InChI=1S/C26H33N3O4/c1-32-22-12-10-20(11-13-22)26(31)29-16-14-28(15-17-29)24(19-6-3-4-7-19)25(30)27-21-8-5-9-23(18-21)33-2/h5,8-13,18-19,24H,3-4,6-7,14-17H2,1-2H3,(H,27,30). The zero-order valence-corrected chi connectivity index (χ0v) is 19.5. The zero-order chi connectivity index (χ0) is 23.2. The van der Waals surface area contributed by atoms with E-state index in [1.165, 1.54) is 12.8 Å². The van der Waals surface area contributed by atoms with Crippen LogP contribution in [0.4, 0.5) is 5.69 Å². The van der Waals surface area contributed by atoms with Crippen LogP contribution in [0.1, 0.15) is 36.0 Å². The number of amides is 2. The Labute approximate surface area is 195 Å². The summed E-state index contributed by atoms with van der Waals surface area (Å²) in [5.74, 6) is 1.86. The lowest BCUT2D eigenvalue weighted by atomic mass is 9.94. The molecule has 7 heteroatoms. The highest BCUT2D eigenvalue weighted by Crippen LogP contribution is 2.32. The minimum atomic E-state index is -0.183. The number of benzene rings is 2. The lowest BCUT2D eigenvalue weighted by Gasteiger charge is -2.40. The van der Waals surface area contributed by atoms with Crippen LogP contribution in [0, 0.1) is 5.92 Å². The molecule has 0 aromatic heterocycles. The number of piperazine rings is 1. The van der Waals surface area contributed by atoms with E-state index in [-0.39, 0.29) is 17.9 Å². The van der Waals surface area contributed by atoms with Crippen LogP contribution in [-0.4, -0.2) is 68.1 Å². The van der Waals surface area contributed by atoms with Gasteiger partial charge in [-0.3, -0.25) is 14.5 Å². The van der Waals surface area contributed by atoms with E-state index < -0.39 is 0 Å². The molecule has 2 aromatic rings. The Kier molecular flexibility index (Phi) is 7.50. The molecular formula is C26H33N3O4. The molecule has 0 bridgehead atoms. The first-order chi connectivity index (χ1) is 16.1. The van der Waals surface area contributed by atoms with Gasteiger partial charge in [-0.15, -0.1) is 0 Å². The summed E-state index contributed by atoms with van der Waals surface area (Å²) in [7, 11) is 3.23. The van der Waals surface area contributed by atoms with Crippen molar-refractivity contribution >= 4 is 17.5 Å². The van der Waals surface area contributed by atoms with Crippen molar-refractivity contribution < 1.29 is 19.1 Å². The monoisotopic (exact) mass is 451 g/mol. The number of hydrogen-bond donors (Lipinski definition) is 1. The van der Waals surface area contributed by atoms with Gasteiger partial charge < -0.3 is 19.7 Å². The Morgan fingerprint density at radius 1 is 0.909 bits per heavy atom. The summed E-state index contributed by atoms with van der Waals surface area (Å²) in [6.45, 7) is 2.60. The number of ether oxygens (including phenoxy) is 2. The summed E-state index contributed by atoms with van der Waals surface area (Å²) in [6.07, 6.45) is 4.48. The third-order valence-electron chi connectivity index (χ3n) is 6.78. The molecule has 176 valence electrons. The molecule has 7 nitrogen and oxygen atoms in total. The number of methoxy groups -OCH3 is 2. The maximum absolute atomic E-state index is 13.4. The number of nitrogens with one attached hydrogen (secondary N) is 1. The number of hydrogen-bond acceptors (Lipinski definition) is 5. The number of nitrogens with zero attached hydrogens (tertiary/aromatic N) is 2. The quantitative estimate of drug-likeness (QED) is 0.696. The predicted octanol–water partition coefficient (Wildman–Crippen LogP) is 3.66. The van der Waals surface area contributed by atoms with Gasteiger partial charge in [-0.25, -0.2) is 0 Å². The summed E-state index contributed by atoms with van der Waals surface area (Å²) in [6, 6.07) is 14.5. The predicted molar refractivity (Wildman–Crippen MR) is 128 cm³/mol. The summed E-state index contributed by atoms with van der Waals surface area (Å²) >= 11 is 0. The highest BCUT2D eigenvalue weighted by Gasteiger charge is 2.37. The van der Waals surface area contributed by atoms with E-state index in [2.05, 4.69) is 10.2 Å². The fraction of sp³-hybridized carbons (Fsp3) is 0.462. The molecule has 2 aromatic carbocycles. The van der Waals surface area contributed by atoms with Gasteiger partial charge in [-0.05, 0) is 55.2 Å².